The van der Waals surface area contributed by atoms with E-state index in [1.165, 1.54) is 0 Å². The molecule has 4 heteroatoms. The molecule has 1 fully saturated rings. The first-order valence-corrected chi connectivity index (χ1v) is 6.42. The van der Waals surface area contributed by atoms with Crippen LogP contribution in [0.15, 0.2) is 30.3 Å². The molecule has 19 heavy (non-hydrogen) atoms. The molecule has 4 nitrogen and oxygen atoms in total. The molecule has 0 bridgehead atoms. The molecule has 1 aliphatic heterocycles. The fraction of sp³-hybridized carbons (Fsp3) is 0.400. The molecular weight excluding hydrogens is 242 g/mol. The maximum atomic E-state index is 11.8. The smallest absolute Gasteiger partial charge is 0.410 e. The summed E-state index contributed by atoms with van der Waals surface area (Å²) in [6.07, 6.45) is 0.915. The maximum Gasteiger partial charge on any atom is 0.410 e. The van der Waals surface area contributed by atoms with Gasteiger partial charge in [0.05, 0.1) is 0 Å². The third-order valence-corrected chi connectivity index (χ3v) is 3.36. The van der Waals surface area contributed by atoms with Gasteiger partial charge in [-0.15, -0.1) is 0 Å². The highest BCUT2D eigenvalue weighted by atomic mass is 16.6. The van der Waals surface area contributed by atoms with Gasteiger partial charge < -0.3 is 9.64 Å². The van der Waals surface area contributed by atoms with Gasteiger partial charge >= 0.3 is 6.09 Å². The Morgan fingerprint density at radius 1 is 1.21 bits per heavy atom. The van der Waals surface area contributed by atoms with Gasteiger partial charge in [0.25, 0.3) is 0 Å². The van der Waals surface area contributed by atoms with Crippen LogP contribution in [0.3, 0.4) is 0 Å². The molecule has 0 aromatic heterocycles. The van der Waals surface area contributed by atoms with Crippen molar-refractivity contribution in [3.63, 3.8) is 0 Å². The largest absolute Gasteiger partial charge is 0.445 e. The normalized spacial score (nSPS) is 16.2. The Bertz CT molecular complexity index is 436. The van der Waals surface area contributed by atoms with Gasteiger partial charge in [-0.3, -0.25) is 4.79 Å². The number of nitrogens with zero attached hydrogens (tertiary/aromatic N) is 1. The van der Waals surface area contributed by atoms with Crippen LogP contribution in [-0.2, 0) is 16.1 Å². The van der Waals surface area contributed by atoms with Crippen LogP contribution in [0.2, 0.25) is 0 Å². The second-order valence-electron chi connectivity index (χ2n) is 4.70. The number of rotatable bonds is 3. The number of likely N-dealkylation sites (tertiary alicyclic amines) is 1. The van der Waals surface area contributed by atoms with E-state index in [1.807, 2.05) is 30.3 Å². The van der Waals surface area contributed by atoms with Crippen LogP contribution >= 0.6 is 0 Å². The zero-order valence-corrected chi connectivity index (χ0v) is 10.7. The van der Waals surface area contributed by atoms with Crippen molar-refractivity contribution in [1.29, 1.82) is 0 Å². The Labute approximate surface area is 113 Å². The summed E-state index contributed by atoms with van der Waals surface area (Å²) in [4.78, 5) is 24.5. The average Bonchev–Trinajstić information content (AvgIpc) is 2.46. The third-order valence-electron chi connectivity index (χ3n) is 3.36. The number of hydrogen-bond donors (Lipinski definition) is 0. The van der Waals surface area contributed by atoms with Gasteiger partial charge in [-0.25, -0.2) is 4.79 Å². The number of hydrogen-bond acceptors (Lipinski definition) is 3. The number of ketones is 1. The second kappa shape index (κ2) is 6.36. The van der Waals surface area contributed by atoms with Crippen LogP contribution in [0.1, 0.15) is 18.4 Å². The fourth-order valence-corrected chi connectivity index (χ4v) is 2.16. The molecule has 1 aromatic carbocycles. The van der Waals surface area contributed by atoms with Crippen molar-refractivity contribution in [2.45, 2.75) is 19.4 Å². The second-order valence-corrected chi connectivity index (χ2v) is 4.70. The monoisotopic (exact) mass is 259 g/mol. The van der Waals surface area contributed by atoms with Gasteiger partial charge in [-0.1, -0.05) is 30.3 Å². The first kappa shape index (κ1) is 13.6. The van der Waals surface area contributed by atoms with Crippen molar-refractivity contribution < 1.29 is 14.3 Å². The molecule has 2 rings (SSSR count). The molecular formula is C15H17NO3. The van der Waals surface area contributed by atoms with Crippen LogP contribution < -0.4 is 0 Å². The maximum absolute atomic E-state index is 11.8. The topological polar surface area (TPSA) is 46.6 Å². The summed E-state index contributed by atoms with van der Waals surface area (Å²) in [5.74, 6) is -0.393. The van der Waals surface area contributed by atoms with Gasteiger partial charge in [0.15, 0.2) is 0 Å². The lowest BCUT2D eigenvalue weighted by Crippen LogP contribution is -2.40. The fourth-order valence-electron chi connectivity index (χ4n) is 2.16. The number of carbonyl (C=O) groups is 2. The summed E-state index contributed by atoms with van der Waals surface area (Å²) in [6.45, 7) is 6.58. The van der Waals surface area contributed by atoms with E-state index in [9.17, 15) is 9.59 Å². The quantitative estimate of drug-likeness (QED) is 0.837. The van der Waals surface area contributed by atoms with Crippen LogP contribution in [0.25, 0.3) is 0 Å². The zero-order valence-electron chi connectivity index (χ0n) is 10.7. The van der Waals surface area contributed by atoms with Crippen LogP contribution in [0, 0.1) is 12.8 Å². The Balaban J connectivity index is 1.77. The SMILES string of the molecule is [CH]C(=O)C1CCN(C(=O)OCc2ccccc2)CC1. The van der Waals surface area contributed by atoms with Gasteiger partial charge in [-0.05, 0) is 18.4 Å². The van der Waals surface area contributed by atoms with Crippen LogP contribution in [0.5, 0.6) is 0 Å². The van der Waals surface area contributed by atoms with Crippen molar-refractivity contribution in [3.05, 3.63) is 42.8 Å². The minimum atomic E-state index is -0.327. The number of carbonyl (C=O) groups excluding carboxylic acids is 2. The molecule has 0 unspecified atom stereocenters. The first-order chi connectivity index (χ1) is 9.16. The van der Waals surface area contributed by atoms with Gasteiger partial charge in [0.2, 0.25) is 0 Å². The van der Waals surface area contributed by atoms with Crippen LogP contribution in [0.4, 0.5) is 4.79 Å². The van der Waals surface area contributed by atoms with E-state index in [-0.39, 0.29) is 24.4 Å². The zero-order chi connectivity index (χ0) is 13.7. The summed E-state index contributed by atoms with van der Waals surface area (Å²) in [6, 6.07) is 9.54. The lowest BCUT2D eigenvalue weighted by atomic mass is 9.94. The summed E-state index contributed by atoms with van der Waals surface area (Å²) in [5, 5.41) is 0. The van der Waals surface area contributed by atoms with Gasteiger partial charge in [0.1, 0.15) is 12.4 Å². The predicted molar refractivity (Wildman–Crippen MR) is 70.2 cm³/mol. The molecule has 1 aliphatic rings. The van der Waals surface area contributed by atoms with Crippen molar-refractivity contribution in [1.82, 2.24) is 4.90 Å². The average molecular weight is 259 g/mol. The summed E-state index contributed by atoms with van der Waals surface area (Å²) >= 11 is 0. The third kappa shape index (κ3) is 3.81. The lowest BCUT2D eigenvalue weighted by molar-refractivity contribution is -0.119. The molecule has 2 radical (unpaired) electrons. The summed E-state index contributed by atoms with van der Waals surface area (Å²) in [7, 11) is 0. The van der Waals surface area contributed by atoms with Gasteiger partial charge in [0, 0.05) is 25.9 Å². The molecule has 1 saturated heterocycles. The summed E-state index contributed by atoms with van der Waals surface area (Å²) < 4.78 is 5.23. The van der Waals surface area contributed by atoms with Gasteiger partial charge in [-0.2, -0.15) is 0 Å². The van der Waals surface area contributed by atoms with Crippen LogP contribution in [-0.4, -0.2) is 29.9 Å². The number of benzene rings is 1. The highest BCUT2D eigenvalue weighted by Gasteiger charge is 2.26. The Hall–Kier alpha value is -1.84. The van der Waals surface area contributed by atoms with Crippen molar-refractivity contribution in [2.75, 3.05) is 13.1 Å². The minimum Gasteiger partial charge on any atom is -0.445 e. The minimum absolute atomic E-state index is 0.113. The van der Waals surface area contributed by atoms with E-state index in [0.29, 0.717) is 25.9 Å². The van der Waals surface area contributed by atoms with Crippen molar-refractivity contribution in [2.24, 2.45) is 5.92 Å². The molecule has 0 atom stereocenters. The number of Topliss-reactive ketones (excluding diaryl/α,β-unsaturated/α-hetero) is 1. The molecule has 1 amide bonds. The van der Waals surface area contributed by atoms with E-state index >= 15 is 0 Å². The van der Waals surface area contributed by atoms with E-state index in [0.717, 1.165) is 5.56 Å². The standard InChI is InChI=1S/C15H17NO3/c1-12(17)14-7-9-16(10-8-14)15(18)19-11-13-5-3-2-4-6-13/h1-6,14H,7-11H2. The Morgan fingerprint density at radius 3 is 2.42 bits per heavy atom. The molecule has 1 heterocycles. The molecule has 100 valence electrons. The number of ether oxygens (including phenoxy) is 1. The number of amides is 1. The summed E-state index contributed by atoms with van der Waals surface area (Å²) in [5.41, 5.74) is 0.961. The molecule has 0 N–H and O–H groups in total. The van der Waals surface area contributed by atoms with Crippen molar-refractivity contribution >= 4 is 11.9 Å². The van der Waals surface area contributed by atoms with E-state index in [4.69, 9.17) is 11.7 Å². The molecule has 0 aliphatic carbocycles. The van der Waals surface area contributed by atoms with Crippen molar-refractivity contribution in [3.8, 4) is 0 Å². The predicted octanol–water partition coefficient (Wildman–Crippen LogP) is 2.32. The molecule has 1 aromatic rings. The van der Waals surface area contributed by atoms with E-state index < -0.39 is 0 Å². The highest BCUT2D eigenvalue weighted by Crippen LogP contribution is 2.18. The Morgan fingerprint density at radius 2 is 1.84 bits per heavy atom. The lowest BCUT2D eigenvalue weighted by Gasteiger charge is -2.29. The highest BCUT2D eigenvalue weighted by molar-refractivity contribution is 5.85. The Kier molecular flexibility index (Phi) is 4.55. The van der Waals surface area contributed by atoms with E-state index in [1.54, 1.807) is 4.90 Å². The number of piperidine rings is 1. The molecule has 0 saturated carbocycles. The first-order valence-electron chi connectivity index (χ1n) is 6.42. The molecule has 0 spiro atoms. The van der Waals surface area contributed by atoms with E-state index in [2.05, 4.69) is 0 Å².